The van der Waals surface area contributed by atoms with Crippen LogP contribution in [0.4, 0.5) is 31.9 Å². The Balaban J connectivity index is 1.68. The van der Waals surface area contributed by atoms with Gasteiger partial charge in [-0.3, -0.25) is 4.79 Å². The highest BCUT2D eigenvalue weighted by Gasteiger charge is 2.19. The number of carbonyl (C=O) groups excluding carboxylic acids is 1. The number of likely N-dealkylation sites (N-methyl/N-ethyl adjacent to an activating group) is 1. The molecule has 31 heavy (non-hydrogen) atoms. The summed E-state index contributed by atoms with van der Waals surface area (Å²) in [6, 6.07) is 7.84. The number of aromatic nitrogens is 2. The van der Waals surface area contributed by atoms with E-state index in [4.69, 9.17) is 5.73 Å². The van der Waals surface area contributed by atoms with Gasteiger partial charge in [0.1, 0.15) is 23.0 Å². The Kier molecular flexibility index (Phi) is 5.51. The molecule has 0 bridgehead atoms. The zero-order chi connectivity index (χ0) is 22.1. The first-order chi connectivity index (χ1) is 14.8. The van der Waals surface area contributed by atoms with Gasteiger partial charge in [0, 0.05) is 19.3 Å². The number of benzene rings is 2. The average Bonchev–Trinajstić information content (AvgIpc) is 2.71. The molecule has 1 amide bonds. The van der Waals surface area contributed by atoms with Crippen LogP contribution >= 0.6 is 0 Å². The molecule has 0 saturated heterocycles. The van der Waals surface area contributed by atoms with E-state index in [1.54, 1.807) is 25.1 Å². The number of anilines is 4. The van der Waals surface area contributed by atoms with E-state index in [1.807, 2.05) is 7.05 Å². The highest BCUT2D eigenvalue weighted by atomic mass is 19.1. The van der Waals surface area contributed by atoms with Crippen LogP contribution in [0, 0.1) is 18.6 Å². The van der Waals surface area contributed by atoms with Crippen molar-refractivity contribution in [3.63, 3.8) is 0 Å². The van der Waals surface area contributed by atoms with Crippen molar-refractivity contribution in [3.05, 3.63) is 70.4 Å². The Labute approximate surface area is 178 Å². The van der Waals surface area contributed by atoms with E-state index < -0.39 is 17.5 Å². The Morgan fingerprint density at radius 1 is 1.16 bits per heavy atom. The van der Waals surface area contributed by atoms with Crippen molar-refractivity contribution < 1.29 is 13.6 Å². The number of aryl methyl sites for hydroxylation is 1. The number of primary amides is 1. The number of carbonyl (C=O) groups is 1. The number of amides is 1. The van der Waals surface area contributed by atoms with Gasteiger partial charge in [-0.05, 0) is 55.3 Å². The van der Waals surface area contributed by atoms with Crippen LogP contribution in [-0.2, 0) is 13.0 Å². The summed E-state index contributed by atoms with van der Waals surface area (Å²) in [5.74, 6) is -1.63. The number of nitrogens with two attached hydrogens (primary N) is 1. The number of rotatable bonds is 5. The van der Waals surface area contributed by atoms with Crippen LogP contribution in [0.1, 0.15) is 27.0 Å². The fourth-order valence-corrected chi connectivity index (χ4v) is 3.56. The number of hydrogen-bond donors (Lipinski definition) is 3. The van der Waals surface area contributed by atoms with E-state index in [0.717, 1.165) is 24.1 Å². The Hall–Kier alpha value is -3.59. The lowest BCUT2D eigenvalue weighted by Crippen LogP contribution is -2.26. The van der Waals surface area contributed by atoms with E-state index in [2.05, 4.69) is 25.5 Å². The largest absolute Gasteiger partial charge is 0.365 e. The first-order valence-corrected chi connectivity index (χ1v) is 9.77. The lowest BCUT2D eigenvalue weighted by Gasteiger charge is -2.25. The molecule has 0 atom stereocenters. The molecule has 1 aliphatic heterocycles. The van der Waals surface area contributed by atoms with Gasteiger partial charge in [-0.15, -0.1) is 0 Å². The Morgan fingerprint density at radius 2 is 1.97 bits per heavy atom. The molecule has 4 N–H and O–H groups in total. The van der Waals surface area contributed by atoms with Crippen LogP contribution in [0.5, 0.6) is 0 Å². The van der Waals surface area contributed by atoms with Crippen molar-refractivity contribution in [1.29, 1.82) is 0 Å². The van der Waals surface area contributed by atoms with Crippen LogP contribution in [0.15, 0.2) is 36.5 Å². The van der Waals surface area contributed by atoms with Crippen LogP contribution in [-0.4, -0.2) is 34.4 Å². The van der Waals surface area contributed by atoms with Crippen LogP contribution in [0.2, 0.25) is 0 Å². The summed E-state index contributed by atoms with van der Waals surface area (Å²) in [5, 5.41) is 5.68. The highest BCUT2D eigenvalue weighted by molar-refractivity contribution is 5.98. The number of nitrogens with one attached hydrogen (secondary N) is 2. The molecule has 2 aromatic carbocycles. The molecule has 9 heteroatoms. The van der Waals surface area contributed by atoms with Crippen molar-refractivity contribution in [2.24, 2.45) is 5.73 Å². The zero-order valence-electron chi connectivity index (χ0n) is 17.2. The molecular weight excluding hydrogens is 402 g/mol. The van der Waals surface area contributed by atoms with Gasteiger partial charge in [-0.2, -0.15) is 4.98 Å². The fourth-order valence-electron chi connectivity index (χ4n) is 3.56. The Morgan fingerprint density at radius 3 is 2.71 bits per heavy atom. The lowest BCUT2D eigenvalue weighted by molar-refractivity contribution is 0.100. The smallest absolute Gasteiger partial charge is 0.254 e. The maximum atomic E-state index is 14.7. The molecule has 0 unspecified atom stereocenters. The normalized spacial score (nSPS) is 13.5. The van der Waals surface area contributed by atoms with Gasteiger partial charge < -0.3 is 21.3 Å². The van der Waals surface area contributed by atoms with Crippen LogP contribution in [0.25, 0.3) is 0 Å². The average molecular weight is 424 g/mol. The maximum Gasteiger partial charge on any atom is 0.254 e. The third-order valence-electron chi connectivity index (χ3n) is 5.26. The minimum absolute atomic E-state index is 0.0132. The summed E-state index contributed by atoms with van der Waals surface area (Å²) in [6.07, 6.45) is 2.00. The van der Waals surface area contributed by atoms with Gasteiger partial charge in [-0.1, -0.05) is 12.1 Å². The molecular formula is C22H22F2N6O. The zero-order valence-corrected chi connectivity index (χ0v) is 17.2. The van der Waals surface area contributed by atoms with Crippen molar-refractivity contribution in [3.8, 4) is 0 Å². The standard InChI is InChI=1S/C22H22F2N6O/c1-12-4-3-5-16(23)19(12)28-21-15(20(25)31)10-26-22(29-21)27-18-9-14-11-30(2)7-6-13(14)8-17(18)24/h3-5,8-10H,6-7,11H2,1-2H3,(H2,25,31)(H2,26,27,28,29). The minimum atomic E-state index is -0.772. The van der Waals surface area contributed by atoms with E-state index in [9.17, 15) is 13.6 Å². The molecule has 160 valence electrons. The molecule has 3 aromatic rings. The fraction of sp³-hybridized carbons (Fsp3) is 0.227. The molecule has 0 spiro atoms. The van der Waals surface area contributed by atoms with Gasteiger partial charge in [0.05, 0.1) is 11.4 Å². The van der Waals surface area contributed by atoms with E-state index in [1.165, 1.54) is 18.3 Å². The van der Waals surface area contributed by atoms with Crippen molar-refractivity contribution in [2.75, 3.05) is 24.2 Å². The summed E-state index contributed by atoms with van der Waals surface area (Å²) in [7, 11) is 2.01. The van der Waals surface area contributed by atoms with Crippen LogP contribution in [0.3, 0.4) is 0 Å². The Bertz CT molecular complexity index is 1150. The molecule has 7 nitrogen and oxygen atoms in total. The van der Waals surface area contributed by atoms with Crippen LogP contribution < -0.4 is 16.4 Å². The first-order valence-electron chi connectivity index (χ1n) is 9.77. The van der Waals surface area contributed by atoms with E-state index in [-0.39, 0.29) is 28.7 Å². The number of halogens is 2. The second kappa shape index (κ2) is 8.27. The second-order valence-corrected chi connectivity index (χ2v) is 7.59. The minimum Gasteiger partial charge on any atom is -0.365 e. The molecule has 0 saturated carbocycles. The third-order valence-corrected chi connectivity index (χ3v) is 5.26. The first kappa shape index (κ1) is 20.7. The van der Waals surface area contributed by atoms with Crippen molar-refractivity contribution in [1.82, 2.24) is 14.9 Å². The quantitative estimate of drug-likeness (QED) is 0.579. The summed E-state index contributed by atoms with van der Waals surface area (Å²) >= 11 is 0. The summed E-state index contributed by atoms with van der Waals surface area (Å²) in [5.41, 5.74) is 8.40. The van der Waals surface area contributed by atoms with Gasteiger partial charge in [0.2, 0.25) is 5.95 Å². The highest BCUT2D eigenvalue weighted by Crippen LogP contribution is 2.28. The van der Waals surface area contributed by atoms with Gasteiger partial charge in [0.25, 0.3) is 5.91 Å². The van der Waals surface area contributed by atoms with Gasteiger partial charge in [0.15, 0.2) is 0 Å². The molecule has 2 heterocycles. The molecule has 0 radical (unpaired) electrons. The summed E-state index contributed by atoms with van der Waals surface area (Å²) < 4.78 is 28.9. The predicted octanol–water partition coefficient (Wildman–Crippen LogP) is 3.64. The van der Waals surface area contributed by atoms with E-state index in [0.29, 0.717) is 12.1 Å². The molecule has 4 rings (SSSR count). The van der Waals surface area contributed by atoms with Gasteiger partial charge in [-0.25, -0.2) is 13.8 Å². The number of nitrogens with zero attached hydrogens (tertiary/aromatic N) is 3. The number of fused-ring (bicyclic) bond motifs is 1. The van der Waals surface area contributed by atoms with Crippen molar-refractivity contribution >= 4 is 29.0 Å². The lowest BCUT2D eigenvalue weighted by atomic mass is 9.99. The molecule has 1 aliphatic rings. The number of hydrogen-bond acceptors (Lipinski definition) is 6. The molecule has 1 aromatic heterocycles. The SMILES string of the molecule is Cc1cccc(F)c1Nc1nc(Nc2cc3c(cc2F)CCN(C)C3)ncc1C(N)=O. The predicted molar refractivity (Wildman–Crippen MR) is 115 cm³/mol. The molecule has 0 fully saturated rings. The van der Waals surface area contributed by atoms with E-state index >= 15 is 0 Å². The second-order valence-electron chi connectivity index (χ2n) is 7.59. The maximum absolute atomic E-state index is 14.7. The van der Waals surface area contributed by atoms with Gasteiger partial charge >= 0.3 is 0 Å². The summed E-state index contributed by atoms with van der Waals surface area (Å²) in [4.78, 5) is 22.3. The van der Waals surface area contributed by atoms with Crippen molar-refractivity contribution in [2.45, 2.75) is 19.9 Å². The molecule has 0 aliphatic carbocycles. The topological polar surface area (TPSA) is 96.2 Å². The monoisotopic (exact) mass is 424 g/mol. The third kappa shape index (κ3) is 4.31. The number of para-hydroxylation sites is 1. The summed E-state index contributed by atoms with van der Waals surface area (Å²) in [6.45, 7) is 3.31.